The van der Waals surface area contributed by atoms with Crippen LogP contribution in [-0.4, -0.2) is 26.3 Å². The third kappa shape index (κ3) is 5.24. The second-order valence-corrected chi connectivity index (χ2v) is 10.4. The van der Waals surface area contributed by atoms with E-state index in [0.717, 1.165) is 21.3 Å². The van der Waals surface area contributed by atoms with Gasteiger partial charge in [0, 0.05) is 29.3 Å². The number of aromatic nitrogens is 2. The number of oxime groups is 1. The summed E-state index contributed by atoms with van der Waals surface area (Å²) in [6.07, 6.45) is 1.97. The highest BCUT2D eigenvalue weighted by molar-refractivity contribution is 9.10. The molecule has 2 heterocycles. The van der Waals surface area contributed by atoms with Gasteiger partial charge >= 0.3 is 5.97 Å². The molecule has 0 aliphatic carbocycles. The molecule has 1 N–H and O–H groups in total. The van der Waals surface area contributed by atoms with Gasteiger partial charge in [-0.15, -0.1) is 0 Å². The van der Waals surface area contributed by atoms with Gasteiger partial charge in [-0.3, -0.25) is 14.2 Å². The Morgan fingerprint density at radius 2 is 1.92 bits per heavy atom. The monoisotopic (exact) mass is 577 g/mol. The van der Waals surface area contributed by atoms with Crippen molar-refractivity contribution in [3.63, 3.8) is 0 Å². The average molecular weight is 578 g/mol. The lowest BCUT2D eigenvalue weighted by atomic mass is 9.89. The minimum Gasteiger partial charge on any atom is -0.481 e. The van der Waals surface area contributed by atoms with Crippen LogP contribution in [0.15, 0.2) is 81.2 Å². The van der Waals surface area contributed by atoms with Gasteiger partial charge in [0.25, 0.3) is 5.56 Å². The van der Waals surface area contributed by atoms with Crippen molar-refractivity contribution in [2.45, 2.75) is 44.6 Å². The number of hydrogen-bond donors (Lipinski definition) is 1. The molecule has 1 aliphatic rings. The van der Waals surface area contributed by atoms with Gasteiger partial charge in [-0.05, 0) is 73.9 Å². The van der Waals surface area contributed by atoms with Gasteiger partial charge in [0.2, 0.25) is 0 Å². The molecular weight excluding hydrogens is 553 g/mol. The summed E-state index contributed by atoms with van der Waals surface area (Å²) in [5.74, 6) is -0.788. The van der Waals surface area contributed by atoms with Crippen LogP contribution < -0.4 is 5.56 Å². The quantitative estimate of drug-likeness (QED) is 0.254. The highest BCUT2D eigenvalue weighted by atomic mass is 79.9. The highest BCUT2D eigenvalue weighted by Gasteiger charge is 2.37. The number of unbranched alkanes of at least 4 members (excludes halogenated alkanes) is 1. The van der Waals surface area contributed by atoms with Gasteiger partial charge in [0.15, 0.2) is 5.60 Å². The minimum absolute atomic E-state index is 0.0368. The molecule has 194 valence electrons. The van der Waals surface area contributed by atoms with E-state index in [0.29, 0.717) is 48.1 Å². The summed E-state index contributed by atoms with van der Waals surface area (Å²) < 4.78 is 16.0. The van der Waals surface area contributed by atoms with Crippen LogP contribution in [0.4, 0.5) is 4.39 Å². The standard InChI is InChI=1S/C29H25BrFN3O4/c1-29(19-5-4-6-20(30)16-19)17-25(33-38-29)18-9-14-23-24(15-18)32-26(7-2-3-8-27(35)36)34(28(23)37)22-12-10-21(31)11-13-22/h4-6,9-16H,2-3,7-8,17H2,1H3,(H,35,36)/t29-/m0/s1. The van der Waals surface area contributed by atoms with Crippen LogP contribution in [0.3, 0.4) is 0 Å². The van der Waals surface area contributed by atoms with E-state index in [1.807, 2.05) is 43.3 Å². The van der Waals surface area contributed by atoms with Crippen molar-refractivity contribution in [2.75, 3.05) is 0 Å². The van der Waals surface area contributed by atoms with Gasteiger partial charge in [0.1, 0.15) is 11.6 Å². The van der Waals surface area contributed by atoms with E-state index in [2.05, 4.69) is 21.1 Å². The normalized spacial score (nSPS) is 16.9. The number of aliphatic carboxylic acids is 1. The summed E-state index contributed by atoms with van der Waals surface area (Å²) in [6.45, 7) is 1.99. The summed E-state index contributed by atoms with van der Waals surface area (Å²) in [5, 5.41) is 13.8. The average Bonchev–Trinajstić information content (AvgIpc) is 3.30. The number of carbonyl (C=O) groups is 1. The first kappa shape index (κ1) is 25.8. The fraction of sp³-hybridized carbons (Fsp3) is 0.241. The third-order valence-corrected chi connectivity index (χ3v) is 7.19. The molecular formula is C29H25BrFN3O4. The molecule has 0 fully saturated rings. The van der Waals surface area contributed by atoms with Crippen LogP contribution >= 0.6 is 15.9 Å². The smallest absolute Gasteiger partial charge is 0.303 e. The van der Waals surface area contributed by atoms with Gasteiger partial charge in [-0.2, -0.15) is 0 Å². The van der Waals surface area contributed by atoms with Gasteiger partial charge in [-0.1, -0.05) is 39.3 Å². The zero-order valence-electron chi connectivity index (χ0n) is 20.7. The fourth-order valence-corrected chi connectivity index (χ4v) is 5.06. The molecule has 4 aromatic rings. The molecule has 7 nitrogen and oxygen atoms in total. The van der Waals surface area contributed by atoms with Crippen molar-refractivity contribution in [1.82, 2.24) is 9.55 Å². The van der Waals surface area contributed by atoms with E-state index in [4.69, 9.17) is 14.9 Å². The molecule has 0 radical (unpaired) electrons. The van der Waals surface area contributed by atoms with E-state index >= 15 is 0 Å². The first-order valence-electron chi connectivity index (χ1n) is 12.3. The van der Waals surface area contributed by atoms with Crippen molar-refractivity contribution < 1.29 is 19.1 Å². The maximum Gasteiger partial charge on any atom is 0.303 e. The van der Waals surface area contributed by atoms with E-state index in [1.54, 1.807) is 6.07 Å². The Bertz CT molecular complexity index is 1620. The molecule has 38 heavy (non-hydrogen) atoms. The predicted molar refractivity (Wildman–Crippen MR) is 146 cm³/mol. The molecule has 3 aromatic carbocycles. The minimum atomic E-state index is -0.869. The van der Waals surface area contributed by atoms with Crippen LogP contribution in [0.1, 0.15) is 49.6 Å². The first-order valence-corrected chi connectivity index (χ1v) is 13.1. The van der Waals surface area contributed by atoms with E-state index < -0.39 is 17.4 Å². The molecule has 1 atom stereocenters. The molecule has 0 saturated heterocycles. The van der Waals surface area contributed by atoms with Crippen LogP contribution in [0, 0.1) is 5.82 Å². The SMILES string of the molecule is C[C@@]1(c2cccc(Br)c2)CC(c2ccc3c(=O)n(-c4ccc(F)cc4)c(CCCCC(=O)O)nc3c2)=NO1. The molecule has 0 saturated carbocycles. The molecule has 5 rings (SSSR count). The summed E-state index contributed by atoms with van der Waals surface area (Å²) in [4.78, 5) is 35.2. The van der Waals surface area contributed by atoms with Gasteiger partial charge < -0.3 is 9.94 Å². The lowest BCUT2D eigenvalue weighted by molar-refractivity contribution is -0.137. The van der Waals surface area contributed by atoms with Crippen LogP contribution in [0.5, 0.6) is 0 Å². The Labute approximate surface area is 226 Å². The number of aryl methyl sites for hydroxylation is 1. The Balaban J connectivity index is 1.51. The van der Waals surface area contributed by atoms with Crippen molar-refractivity contribution in [3.05, 3.63) is 104 Å². The molecule has 1 aromatic heterocycles. The summed E-state index contributed by atoms with van der Waals surface area (Å²) in [7, 11) is 0. The largest absolute Gasteiger partial charge is 0.481 e. The Kier molecular flexibility index (Phi) is 7.12. The summed E-state index contributed by atoms with van der Waals surface area (Å²) in [5.41, 5.74) is 2.67. The number of nitrogens with zero attached hydrogens (tertiary/aromatic N) is 3. The maximum atomic E-state index is 13.6. The molecule has 0 amide bonds. The first-order chi connectivity index (χ1) is 18.2. The van der Waals surface area contributed by atoms with Crippen LogP contribution in [0.2, 0.25) is 0 Å². The van der Waals surface area contributed by atoms with Crippen molar-refractivity contribution in [1.29, 1.82) is 0 Å². The highest BCUT2D eigenvalue weighted by Crippen LogP contribution is 2.37. The zero-order chi connectivity index (χ0) is 26.9. The number of fused-ring (bicyclic) bond motifs is 1. The number of hydrogen-bond acceptors (Lipinski definition) is 5. The van der Waals surface area contributed by atoms with E-state index in [9.17, 15) is 14.0 Å². The Morgan fingerprint density at radius 3 is 2.66 bits per heavy atom. The molecule has 0 unspecified atom stereocenters. The van der Waals surface area contributed by atoms with Crippen LogP contribution in [0.25, 0.3) is 16.6 Å². The Morgan fingerprint density at radius 1 is 1.13 bits per heavy atom. The van der Waals surface area contributed by atoms with Gasteiger partial charge in [-0.25, -0.2) is 9.37 Å². The second-order valence-electron chi connectivity index (χ2n) is 9.53. The molecule has 9 heteroatoms. The van der Waals surface area contributed by atoms with Crippen molar-refractivity contribution in [2.24, 2.45) is 5.16 Å². The maximum absolute atomic E-state index is 13.6. The molecule has 1 aliphatic heterocycles. The molecule has 0 bridgehead atoms. The lowest BCUT2D eigenvalue weighted by Crippen LogP contribution is -2.24. The van der Waals surface area contributed by atoms with E-state index in [1.165, 1.54) is 28.8 Å². The number of carboxylic acids is 1. The fourth-order valence-electron chi connectivity index (χ4n) is 4.66. The number of carboxylic acid groups (broad SMARTS) is 1. The second kappa shape index (κ2) is 10.5. The number of rotatable bonds is 8. The number of benzene rings is 3. The van der Waals surface area contributed by atoms with E-state index in [-0.39, 0.29) is 12.0 Å². The number of halogens is 2. The third-order valence-electron chi connectivity index (χ3n) is 6.70. The zero-order valence-corrected chi connectivity index (χ0v) is 22.2. The summed E-state index contributed by atoms with van der Waals surface area (Å²) >= 11 is 3.51. The lowest BCUT2D eigenvalue weighted by Gasteiger charge is -2.22. The van der Waals surface area contributed by atoms with Gasteiger partial charge in [0.05, 0.1) is 22.3 Å². The summed E-state index contributed by atoms with van der Waals surface area (Å²) in [6, 6.07) is 19.0. The Hall–Kier alpha value is -3.85. The molecule has 0 spiro atoms. The topological polar surface area (TPSA) is 93.8 Å². The van der Waals surface area contributed by atoms with Crippen LogP contribution in [-0.2, 0) is 21.7 Å². The van der Waals surface area contributed by atoms with Crippen molar-refractivity contribution in [3.8, 4) is 5.69 Å². The predicted octanol–water partition coefficient (Wildman–Crippen LogP) is 6.12. The van der Waals surface area contributed by atoms with Crippen molar-refractivity contribution >= 4 is 38.5 Å².